The number of amides is 1. The molecule has 2 rings (SSSR count). The first-order chi connectivity index (χ1) is 11.6. The van der Waals surface area contributed by atoms with Crippen molar-refractivity contribution in [2.24, 2.45) is 0 Å². The van der Waals surface area contributed by atoms with Gasteiger partial charge in [0.25, 0.3) is 11.6 Å². The van der Waals surface area contributed by atoms with Gasteiger partial charge in [-0.1, -0.05) is 32.9 Å². The van der Waals surface area contributed by atoms with Crippen LogP contribution in [0.3, 0.4) is 0 Å². The lowest BCUT2D eigenvalue weighted by atomic mass is 9.85. The molecule has 0 saturated carbocycles. The Balaban J connectivity index is 2.48. The number of carbonyl (C=O) groups is 1. The summed E-state index contributed by atoms with van der Waals surface area (Å²) in [7, 11) is 0. The Morgan fingerprint density at radius 3 is 2.40 bits per heavy atom. The number of nitro groups is 1. The molecule has 0 fully saturated rings. The van der Waals surface area contributed by atoms with E-state index in [0.717, 1.165) is 0 Å². The van der Waals surface area contributed by atoms with Crippen LogP contribution in [0.4, 0.5) is 15.8 Å². The average molecular weight is 344 g/mol. The van der Waals surface area contributed by atoms with E-state index in [1.807, 2.05) is 20.8 Å². The van der Waals surface area contributed by atoms with Gasteiger partial charge in [-0.15, -0.1) is 0 Å². The maximum absolute atomic E-state index is 13.5. The highest BCUT2D eigenvalue weighted by Crippen LogP contribution is 2.32. The highest BCUT2D eigenvalue weighted by Gasteiger charge is 2.27. The lowest BCUT2D eigenvalue weighted by molar-refractivity contribution is -0.386. The third-order valence-electron chi connectivity index (χ3n) is 3.93. The van der Waals surface area contributed by atoms with E-state index in [4.69, 9.17) is 0 Å². The third-order valence-corrected chi connectivity index (χ3v) is 3.93. The fourth-order valence-electron chi connectivity index (χ4n) is 2.69. The normalized spacial score (nSPS) is 11.2. The molecule has 5 nitrogen and oxygen atoms in total. The van der Waals surface area contributed by atoms with Gasteiger partial charge in [-0.25, -0.2) is 4.39 Å². The molecule has 1 amide bonds. The molecule has 2 aromatic rings. The van der Waals surface area contributed by atoms with Crippen molar-refractivity contribution in [3.8, 4) is 0 Å². The van der Waals surface area contributed by atoms with Gasteiger partial charge in [-0.05, 0) is 36.6 Å². The summed E-state index contributed by atoms with van der Waals surface area (Å²) in [6.45, 7) is 7.71. The van der Waals surface area contributed by atoms with Crippen LogP contribution in [-0.4, -0.2) is 17.4 Å². The van der Waals surface area contributed by atoms with E-state index in [0.29, 0.717) is 17.8 Å². The molecule has 0 unspecified atom stereocenters. The van der Waals surface area contributed by atoms with E-state index in [1.165, 1.54) is 29.2 Å². The van der Waals surface area contributed by atoms with Crippen molar-refractivity contribution in [3.05, 3.63) is 69.5 Å². The van der Waals surface area contributed by atoms with Crippen molar-refractivity contribution in [2.75, 3.05) is 11.4 Å². The Morgan fingerprint density at radius 2 is 1.88 bits per heavy atom. The maximum Gasteiger partial charge on any atom is 0.273 e. The Kier molecular flexibility index (Phi) is 5.21. The highest BCUT2D eigenvalue weighted by atomic mass is 19.1. The molecule has 6 heteroatoms. The van der Waals surface area contributed by atoms with Gasteiger partial charge in [-0.3, -0.25) is 14.9 Å². The summed E-state index contributed by atoms with van der Waals surface area (Å²) in [6, 6.07) is 10.2. The molecule has 0 aromatic heterocycles. The first-order valence-corrected chi connectivity index (χ1v) is 8.01. The number of benzene rings is 2. The van der Waals surface area contributed by atoms with Crippen LogP contribution >= 0.6 is 0 Å². The summed E-state index contributed by atoms with van der Waals surface area (Å²) in [5.41, 5.74) is 0.661. The molecule has 0 spiro atoms. The minimum absolute atomic E-state index is 0.0892. The van der Waals surface area contributed by atoms with E-state index >= 15 is 0 Å². The number of nitrogens with zero attached hydrogens (tertiary/aromatic N) is 2. The monoisotopic (exact) mass is 344 g/mol. The molecule has 25 heavy (non-hydrogen) atoms. The van der Waals surface area contributed by atoms with E-state index < -0.39 is 22.1 Å². The highest BCUT2D eigenvalue weighted by molar-refractivity contribution is 6.06. The largest absolute Gasteiger partial charge is 0.309 e. The summed E-state index contributed by atoms with van der Waals surface area (Å²) >= 11 is 0. The van der Waals surface area contributed by atoms with Crippen LogP contribution in [0.5, 0.6) is 0 Å². The van der Waals surface area contributed by atoms with Gasteiger partial charge < -0.3 is 4.90 Å². The third kappa shape index (κ3) is 4.02. The van der Waals surface area contributed by atoms with Crippen molar-refractivity contribution in [1.29, 1.82) is 0 Å². The number of hydrogen-bond acceptors (Lipinski definition) is 3. The molecule has 0 heterocycles. The Hall–Kier alpha value is -2.76. The molecule has 132 valence electrons. The number of hydrogen-bond donors (Lipinski definition) is 0. The van der Waals surface area contributed by atoms with Crippen molar-refractivity contribution >= 4 is 17.3 Å². The molecular formula is C19H21FN2O3. The minimum Gasteiger partial charge on any atom is -0.309 e. The zero-order chi connectivity index (χ0) is 18.8. The maximum atomic E-state index is 13.5. The Morgan fingerprint density at radius 1 is 1.20 bits per heavy atom. The summed E-state index contributed by atoms with van der Waals surface area (Å²) in [6.07, 6.45) is 0. The molecule has 0 saturated heterocycles. The van der Waals surface area contributed by atoms with E-state index in [1.54, 1.807) is 25.1 Å². The van der Waals surface area contributed by atoms with Gasteiger partial charge in [-0.2, -0.15) is 0 Å². The standard InChI is InChI=1S/C19H21FN2O3/c1-5-21(15-8-6-7-14(20)12-15)18(23)13-9-10-16(19(2,3)4)17(11-13)22(24)25/h6-12H,5H2,1-4H3. The van der Waals surface area contributed by atoms with Gasteiger partial charge in [0.05, 0.1) is 4.92 Å². The predicted octanol–water partition coefficient (Wildman–Crippen LogP) is 4.70. The zero-order valence-corrected chi connectivity index (χ0v) is 14.7. The SMILES string of the molecule is CCN(C(=O)c1ccc(C(C)(C)C)c([N+](=O)[O-])c1)c1cccc(F)c1. The second-order valence-corrected chi connectivity index (χ2v) is 6.77. The average Bonchev–Trinajstić information content (AvgIpc) is 2.54. The van der Waals surface area contributed by atoms with Crippen LogP contribution < -0.4 is 4.90 Å². The van der Waals surface area contributed by atoms with Crippen LogP contribution in [0.25, 0.3) is 0 Å². The zero-order valence-electron chi connectivity index (χ0n) is 14.7. The molecule has 0 radical (unpaired) electrons. The molecule has 2 aromatic carbocycles. The van der Waals surface area contributed by atoms with Crippen LogP contribution in [0.15, 0.2) is 42.5 Å². The van der Waals surface area contributed by atoms with E-state index in [9.17, 15) is 19.3 Å². The summed E-state index contributed by atoms with van der Waals surface area (Å²) in [5, 5.41) is 11.4. The molecule has 0 aliphatic heterocycles. The fourth-order valence-corrected chi connectivity index (χ4v) is 2.69. The predicted molar refractivity (Wildman–Crippen MR) is 95.5 cm³/mol. The topological polar surface area (TPSA) is 63.5 Å². The lowest BCUT2D eigenvalue weighted by Crippen LogP contribution is -2.31. The van der Waals surface area contributed by atoms with E-state index in [2.05, 4.69) is 0 Å². The lowest BCUT2D eigenvalue weighted by Gasteiger charge is -2.23. The Labute approximate surface area is 146 Å². The first-order valence-electron chi connectivity index (χ1n) is 8.01. The summed E-state index contributed by atoms with van der Waals surface area (Å²) in [5.74, 6) is -0.852. The van der Waals surface area contributed by atoms with Gasteiger partial charge in [0.15, 0.2) is 0 Å². The molecule has 0 bridgehead atoms. The smallest absolute Gasteiger partial charge is 0.273 e. The van der Waals surface area contributed by atoms with Crippen LogP contribution in [0, 0.1) is 15.9 Å². The molecular weight excluding hydrogens is 323 g/mol. The van der Waals surface area contributed by atoms with Gasteiger partial charge in [0.1, 0.15) is 5.82 Å². The molecule has 0 N–H and O–H groups in total. The van der Waals surface area contributed by atoms with Crippen molar-refractivity contribution in [1.82, 2.24) is 0 Å². The van der Waals surface area contributed by atoms with Gasteiger partial charge in [0.2, 0.25) is 0 Å². The minimum atomic E-state index is -0.476. The molecule has 0 aliphatic carbocycles. The quantitative estimate of drug-likeness (QED) is 0.596. The van der Waals surface area contributed by atoms with Crippen LogP contribution in [-0.2, 0) is 5.41 Å². The molecule has 0 atom stereocenters. The number of anilines is 1. The van der Waals surface area contributed by atoms with Gasteiger partial charge >= 0.3 is 0 Å². The van der Waals surface area contributed by atoms with E-state index in [-0.39, 0.29) is 11.3 Å². The first kappa shape index (κ1) is 18.6. The number of rotatable bonds is 4. The second kappa shape index (κ2) is 7.01. The molecule has 0 aliphatic rings. The second-order valence-electron chi connectivity index (χ2n) is 6.77. The van der Waals surface area contributed by atoms with Crippen LogP contribution in [0.2, 0.25) is 0 Å². The number of nitro benzene ring substituents is 1. The van der Waals surface area contributed by atoms with Crippen molar-refractivity contribution in [3.63, 3.8) is 0 Å². The summed E-state index contributed by atoms with van der Waals surface area (Å²) in [4.78, 5) is 25.1. The van der Waals surface area contributed by atoms with Gasteiger partial charge in [0, 0.05) is 29.4 Å². The fraction of sp³-hybridized carbons (Fsp3) is 0.316. The number of carbonyl (C=O) groups excluding carboxylic acids is 1. The van der Waals surface area contributed by atoms with Crippen LogP contribution in [0.1, 0.15) is 43.6 Å². The summed E-state index contributed by atoms with van der Waals surface area (Å²) < 4.78 is 13.5. The van der Waals surface area contributed by atoms with Crippen molar-refractivity contribution in [2.45, 2.75) is 33.1 Å². The number of halogens is 1. The Bertz CT molecular complexity index is 813. The van der Waals surface area contributed by atoms with Crippen molar-refractivity contribution < 1.29 is 14.1 Å².